The highest BCUT2D eigenvalue weighted by Crippen LogP contribution is 2.18. The van der Waals surface area contributed by atoms with E-state index in [1.165, 1.54) is 0 Å². The lowest BCUT2D eigenvalue weighted by Crippen LogP contribution is -2.44. The van der Waals surface area contributed by atoms with E-state index >= 15 is 0 Å². The normalized spacial score (nSPS) is 23.9. The zero-order valence-electron chi connectivity index (χ0n) is 10.2. The van der Waals surface area contributed by atoms with E-state index in [1.807, 2.05) is 25.6 Å². The molecule has 0 saturated carbocycles. The van der Waals surface area contributed by atoms with Gasteiger partial charge in [-0.2, -0.15) is 11.8 Å². The summed E-state index contributed by atoms with van der Waals surface area (Å²) in [4.78, 5) is 0. The summed E-state index contributed by atoms with van der Waals surface area (Å²) >= 11 is 1.81. The highest BCUT2D eigenvalue weighted by molar-refractivity contribution is 7.99. The molecule has 1 saturated heterocycles. The van der Waals surface area contributed by atoms with E-state index in [0.29, 0.717) is 12.6 Å². The van der Waals surface area contributed by atoms with E-state index in [4.69, 9.17) is 0 Å². The first-order valence-corrected chi connectivity index (χ1v) is 8.44. The molecule has 2 unspecified atom stereocenters. The topological polar surface area (TPSA) is 58.2 Å². The van der Waals surface area contributed by atoms with Crippen LogP contribution in [0.2, 0.25) is 0 Å². The highest BCUT2D eigenvalue weighted by atomic mass is 32.2. The summed E-state index contributed by atoms with van der Waals surface area (Å²) in [6.45, 7) is 6.29. The summed E-state index contributed by atoms with van der Waals surface area (Å²) in [6, 6.07) is 0.455. The molecule has 1 heterocycles. The fourth-order valence-corrected chi connectivity index (χ4v) is 3.96. The van der Waals surface area contributed by atoms with Gasteiger partial charge >= 0.3 is 0 Å². The Balaban J connectivity index is 2.42. The van der Waals surface area contributed by atoms with Gasteiger partial charge in [-0.1, -0.05) is 13.8 Å². The van der Waals surface area contributed by atoms with E-state index in [9.17, 15) is 8.42 Å². The quantitative estimate of drug-likeness (QED) is 0.746. The maximum atomic E-state index is 11.9. The first kappa shape index (κ1) is 14.3. The van der Waals surface area contributed by atoms with Crippen LogP contribution in [0.15, 0.2) is 0 Å². The Hall–Kier alpha value is 0.220. The largest absolute Gasteiger partial charge is 0.313 e. The molecule has 0 bridgehead atoms. The SMILES string of the molecule is CC(C)NCC(C)S(=O)(=O)NC1CCSC1. The molecule has 4 nitrogen and oxygen atoms in total. The monoisotopic (exact) mass is 266 g/mol. The second-order valence-corrected chi connectivity index (χ2v) is 7.88. The van der Waals surface area contributed by atoms with Crippen molar-refractivity contribution in [2.24, 2.45) is 0 Å². The second-order valence-electron chi connectivity index (χ2n) is 4.60. The number of nitrogens with one attached hydrogen (secondary N) is 2. The minimum atomic E-state index is -3.17. The van der Waals surface area contributed by atoms with Crippen molar-refractivity contribution >= 4 is 21.8 Å². The van der Waals surface area contributed by atoms with Gasteiger partial charge in [0.25, 0.3) is 0 Å². The number of rotatable bonds is 6. The molecule has 2 atom stereocenters. The second kappa shape index (κ2) is 6.23. The molecule has 0 aliphatic carbocycles. The molecule has 1 aliphatic heterocycles. The van der Waals surface area contributed by atoms with Gasteiger partial charge in [0.2, 0.25) is 10.0 Å². The van der Waals surface area contributed by atoms with Crippen molar-refractivity contribution in [2.75, 3.05) is 18.1 Å². The van der Waals surface area contributed by atoms with Gasteiger partial charge in [-0.05, 0) is 19.1 Å². The lowest BCUT2D eigenvalue weighted by Gasteiger charge is -2.19. The van der Waals surface area contributed by atoms with Crippen molar-refractivity contribution in [3.63, 3.8) is 0 Å². The van der Waals surface area contributed by atoms with Gasteiger partial charge in [0, 0.05) is 24.4 Å². The molecule has 1 fully saturated rings. The van der Waals surface area contributed by atoms with E-state index in [1.54, 1.807) is 6.92 Å². The van der Waals surface area contributed by atoms with Crippen LogP contribution in [0.5, 0.6) is 0 Å². The van der Waals surface area contributed by atoms with Crippen LogP contribution >= 0.6 is 11.8 Å². The summed E-state index contributed by atoms with van der Waals surface area (Å²) in [6.07, 6.45) is 0.953. The van der Waals surface area contributed by atoms with Gasteiger partial charge in [-0.15, -0.1) is 0 Å². The van der Waals surface area contributed by atoms with Crippen molar-refractivity contribution in [2.45, 2.75) is 44.5 Å². The van der Waals surface area contributed by atoms with Crippen molar-refractivity contribution < 1.29 is 8.42 Å². The highest BCUT2D eigenvalue weighted by Gasteiger charge is 2.26. The molecule has 0 radical (unpaired) electrons. The Labute approximate surface area is 103 Å². The third-order valence-electron chi connectivity index (χ3n) is 2.60. The van der Waals surface area contributed by atoms with Crippen molar-refractivity contribution in [3.8, 4) is 0 Å². The first-order chi connectivity index (χ1) is 7.42. The number of thioether (sulfide) groups is 1. The van der Waals surface area contributed by atoms with Crippen molar-refractivity contribution in [3.05, 3.63) is 0 Å². The van der Waals surface area contributed by atoms with Crippen LogP contribution in [-0.2, 0) is 10.0 Å². The molecule has 1 aliphatic rings. The van der Waals surface area contributed by atoms with Gasteiger partial charge in [0.15, 0.2) is 0 Å². The van der Waals surface area contributed by atoms with Crippen LogP contribution in [0, 0.1) is 0 Å². The summed E-state index contributed by atoms with van der Waals surface area (Å²) in [7, 11) is -3.17. The third-order valence-corrected chi connectivity index (χ3v) is 5.65. The Kier molecular flexibility index (Phi) is 5.56. The zero-order valence-corrected chi connectivity index (χ0v) is 11.8. The Morgan fingerprint density at radius 3 is 2.56 bits per heavy atom. The minimum absolute atomic E-state index is 0.136. The summed E-state index contributed by atoms with van der Waals surface area (Å²) in [5, 5.41) is 2.78. The van der Waals surface area contributed by atoms with Crippen LogP contribution in [0.3, 0.4) is 0 Å². The van der Waals surface area contributed by atoms with Crippen molar-refractivity contribution in [1.82, 2.24) is 10.0 Å². The predicted octanol–water partition coefficient (Wildman–Crippen LogP) is 0.798. The summed E-state index contributed by atoms with van der Waals surface area (Å²) in [5.41, 5.74) is 0. The lowest BCUT2D eigenvalue weighted by molar-refractivity contribution is 0.529. The molecule has 6 heteroatoms. The molecule has 0 aromatic heterocycles. The standard InChI is InChI=1S/C10H22N2O2S2/c1-8(2)11-6-9(3)16(13,14)12-10-4-5-15-7-10/h8-12H,4-7H2,1-3H3. The maximum absolute atomic E-state index is 11.9. The molecular weight excluding hydrogens is 244 g/mol. The van der Waals surface area contributed by atoms with Crippen LogP contribution < -0.4 is 10.0 Å². The van der Waals surface area contributed by atoms with Gasteiger partial charge < -0.3 is 5.32 Å². The zero-order chi connectivity index (χ0) is 12.2. The average molecular weight is 266 g/mol. The molecule has 0 spiro atoms. The van der Waals surface area contributed by atoms with Gasteiger partial charge in [-0.25, -0.2) is 13.1 Å². The first-order valence-electron chi connectivity index (χ1n) is 5.74. The minimum Gasteiger partial charge on any atom is -0.313 e. The van der Waals surface area contributed by atoms with Crippen molar-refractivity contribution in [1.29, 1.82) is 0 Å². The van der Waals surface area contributed by atoms with Crippen LogP contribution in [0.4, 0.5) is 0 Å². The number of sulfonamides is 1. The Morgan fingerprint density at radius 1 is 1.38 bits per heavy atom. The Morgan fingerprint density at radius 2 is 2.06 bits per heavy atom. The average Bonchev–Trinajstić information content (AvgIpc) is 2.65. The maximum Gasteiger partial charge on any atom is 0.215 e. The molecule has 1 rings (SSSR count). The lowest BCUT2D eigenvalue weighted by atomic mass is 10.3. The van der Waals surface area contributed by atoms with E-state index in [0.717, 1.165) is 17.9 Å². The molecule has 16 heavy (non-hydrogen) atoms. The number of hydrogen-bond donors (Lipinski definition) is 2. The van der Waals surface area contributed by atoms with Gasteiger partial charge in [-0.3, -0.25) is 0 Å². The van der Waals surface area contributed by atoms with E-state index in [-0.39, 0.29) is 11.3 Å². The van der Waals surface area contributed by atoms with Crippen LogP contribution in [0.25, 0.3) is 0 Å². The molecule has 96 valence electrons. The summed E-state index contributed by atoms with van der Waals surface area (Å²) in [5.74, 6) is 1.97. The molecule has 0 aromatic carbocycles. The summed E-state index contributed by atoms with van der Waals surface area (Å²) < 4.78 is 26.7. The van der Waals surface area contributed by atoms with E-state index < -0.39 is 10.0 Å². The van der Waals surface area contributed by atoms with Gasteiger partial charge in [0.05, 0.1) is 5.25 Å². The third kappa shape index (κ3) is 4.61. The van der Waals surface area contributed by atoms with Gasteiger partial charge in [0.1, 0.15) is 0 Å². The van der Waals surface area contributed by atoms with Crippen LogP contribution in [0.1, 0.15) is 27.2 Å². The number of hydrogen-bond acceptors (Lipinski definition) is 4. The smallest absolute Gasteiger partial charge is 0.215 e. The fourth-order valence-electron chi connectivity index (χ4n) is 1.49. The molecular formula is C10H22N2O2S2. The predicted molar refractivity (Wildman–Crippen MR) is 70.4 cm³/mol. The fraction of sp³-hybridized carbons (Fsp3) is 1.00. The molecule has 0 aromatic rings. The molecule has 0 amide bonds. The Bertz CT molecular complexity index is 298. The van der Waals surface area contributed by atoms with E-state index in [2.05, 4.69) is 10.0 Å². The van der Waals surface area contributed by atoms with Crippen LogP contribution in [-0.4, -0.2) is 43.8 Å². The molecule has 2 N–H and O–H groups in total.